The molecule has 2 aliphatic rings. The maximum atomic E-state index is 4.12. The van der Waals surface area contributed by atoms with Crippen LogP contribution in [0.5, 0.6) is 0 Å². The average molecular weight is 110 g/mol. The summed E-state index contributed by atoms with van der Waals surface area (Å²) in [5, 5.41) is 8.25. The summed E-state index contributed by atoms with van der Waals surface area (Å²) in [6.45, 7) is 0. The Balaban J connectivity index is 2.13. The van der Waals surface area contributed by atoms with Crippen molar-refractivity contribution in [2.24, 2.45) is 10.2 Å². The van der Waals surface area contributed by atoms with E-state index in [4.69, 9.17) is 0 Å². The molecule has 1 heterocycles. The van der Waals surface area contributed by atoms with Gasteiger partial charge in [0.2, 0.25) is 0 Å². The predicted molar refractivity (Wildman–Crippen MR) is 30.9 cm³/mol. The van der Waals surface area contributed by atoms with Crippen LogP contribution >= 0.6 is 0 Å². The molecule has 2 atom stereocenters. The van der Waals surface area contributed by atoms with Gasteiger partial charge in [-0.2, -0.15) is 10.2 Å². The van der Waals surface area contributed by atoms with E-state index in [-0.39, 0.29) is 0 Å². The largest absolute Gasteiger partial charge is 0.190 e. The second-order valence-corrected chi connectivity index (χ2v) is 2.71. The number of hydrogen-bond donors (Lipinski definition) is 0. The standard InChI is InChI=1S/C6H10N2/c1-2-5-4-6(3-1)8-7-5/h5-6H,1-4H2. The van der Waals surface area contributed by atoms with Gasteiger partial charge in [0.15, 0.2) is 0 Å². The normalized spacial score (nSPS) is 43.0. The fourth-order valence-corrected chi connectivity index (χ4v) is 1.54. The van der Waals surface area contributed by atoms with Gasteiger partial charge in [0.25, 0.3) is 0 Å². The molecular formula is C6H10N2. The van der Waals surface area contributed by atoms with E-state index in [1.54, 1.807) is 0 Å². The van der Waals surface area contributed by atoms with Crippen molar-refractivity contribution in [1.82, 2.24) is 0 Å². The third-order valence-corrected chi connectivity index (χ3v) is 2.01. The van der Waals surface area contributed by atoms with Crippen LogP contribution in [0.25, 0.3) is 0 Å². The summed E-state index contributed by atoms with van der Waals surface area (Å²) < 4.78 is 0. The van der Waals surface area contributed by atoms with Crippen LogP contribution in [0, 0.1) is 0 Å². The molecule has 0 saturated heterocycles. The first-order valence-corrected chi connectivity index (χ1v) is 3.35. The second kappa shape index (κ2) is 1.54. The van der Waals surface area contributed by atoms with Crippen molar-refractivity contribution in [3.05, 3.63) is 0 Å². The van der Waals surface area contributed by atoms with Crippen molar-refractivity contribution < 1.29 is 0 Å². The van der Waals surface area contributed by atoms with E-state index in [2.05, 4.69) is 10.2 Å². The molecule has 44 valence electrons. The average Bonchev–Trinajstić information content (AvgIpc) is 2.12. The topological polar surface area (TPSA) is 24.7 Å². The van der Waals surface area contributed by atoms with Crippen LogP contribution < -0.4 is 0 Å². The summed E-state index contributed by atoms with van der Waals surface area (Å²) >= 11 is 0. The highest BCUT2D eigenvalue weighted by Crippen LogP contribution is 2.29. The second-order valence-electron chi connectivity index (χ2n) is 2.71. The minimum atomic E-state index is 0.619. The first-order chi connectivity index (χ1) is 3.95. The Morgan fingerprint density at radius 2 is 1.62 bits per heavy atom. The van der Waals surface area contributed by atoms with Gasteiger partial charge in [-0.15, -0.1) is 0 Å². The molecule has 0 aromatic carbocycles. The van der Waals surface area contributed by atoms with Crippen LogP contribution in [0.3, 0.4) is 0 Å². The van der Waals surface area contributed by atoms with Crippen molar-refractivity contribution in [3.63, 3.8) is 0 Å². The van der Waals surface area contributed by atoms with Gasteiger partial charge in [-0.25, -0.2) is 0 Å². The molecule has 0 aromatic rings. The lowest BCUT2D eigenvalue weighted by Crippen LogP contribution is -2.13. The minimum absolute atomic E-state index is 0.619. The van der Waals surface area contributed by atoms with E-state index in [1.165, 1.54) is 25.7 Å². The summed E-state index contributed by atoms with van der Waals surface area (Å²) in [5.41, 5.74) is 0. The fraction of sp³-hybridized carbons (Fsp3) is 1.00. The molecule has 1 aliphatic carbocycles. The highest BCUT2D eigenvalue weighted by molar-refractivity contribution is 4.85. The summed E-state index contributed by atoms with van der Waals surface area (Å²) in [5.74, 6) is 0. The first-order valence-electron chi connectivity index (χ1n) is 3.35. The smallest absolute Gasteiger partial charge is 0.0729 e. The quantitative estimate of drug-likeness (QED) is 0.454. The zero-order chi connectivity index (χ0) is 5.40. The van der Waals surface area contributed by atoms with Crippen LogP contribution in [0.2, 0.25) is 0 Å². The molecular weight excluding hydrogens is 100 g/mol. The van der Waals surface area contributed by atoms with Gasteiger partial charge < -0.3 is 0 Å². The Labute approximate surface area is 49.0 Å². The molecule has 0 amide bonds. The van der Waals surface area contributed by atoms with Gasteiger partial charge >= 0.3 is 0 Å². The molecule has 1 saturated carbocycles. The van der Waals surface area contributed by atoms with E-state index >= 15 is 0 Å². The molecule has 2 unspecified atom stereocenters. The lowest BCUT2D eigenvalue weighted by molar-refractivity contribution is 0.454. The maximum absolute atomic E-state index is 4.12. The molecule has 1 fully saturated rings. The molecule has 1 aliphatic heterocycles. The van der Waals surface area contributed by atoms with Crippen LogP contribution in [0.4, 0.5) is 0 Å². The SMILES string of the molecule is C1CC2CC(C1)N=N2. The Hall–Kier alpha value is -0.400. The van der Waals surface area contributed by atoms with Crippen LogP contribution in [-0.4, -0.2) is 12.1 Å². The van der Waals surface area contributed by atoms with Crippen molar-refractivity contribution in [1.29, 1.82) is 0 Å². The van der Waals surface area contributed by atoms with Gasteiger partial charge in [-0.3, -0.25) is 0 Å². The van der Waals surface area contributed by atoms with Gasteiger partial charge in [0, 0.05) is 0 Å². The third-order valence-electron chi connectivity index (χ3n) is 2.01. The predicted octanol–water partition coefficient (Wildman–Crippen LogP) is 1.76. The summed E-state index contributed by atoms with van der Waals surface area (Å²) in [6.07, 6.45) is 5.18. The molecule has 0 spiro atoms. The van der Waals surface area contributed by atoms with Crippen molar-refractivity contribution >= 4 is 0 Å². The Bertz CT molecular complexity index is 108. The molecule has 8 heavy (non-hydrogen) atoms. The fourth-order valence-electron chi connectivity index (χ4n) is 1.54. The molecule has 0 N–H and O–H groups in total. The van der Waals surface area contributed by atoms with Gasteiger partial charge in [0.1, 0.15) is 0 Å². The Morgan fingerprint density at radius 1 is 1.00 bits per heavy atom. The zero-order valence-electron chi connectivity index (χ0n) is 4.88. The molecule has 2 nitrogen and oxygen atoms in total. The minimum Gasteiger partial charge on any atom is -0.190 e. The summed E-state index contributed by atoms with van der Waals surface area (Å²) in [4.78, 5) is 0. The first kappa shape index (κ1) is 4.48. The Morgan fingerprint density at radius 3 is 2.12 bits per heavy atom. The molecule has 2 bridgehead atoms. The van der Waals surface area contributed by atoms with E-state index < -0.39 is 0 Å². The maximum Gasteiger partial charge on any atom is 0.0729 e. The molecule has 0 radical (unpaired) electrons. The highest BCUT2D eigenvalue weighted by Gasteiger charge is 2.25. The van der Waals surface area contributed by atoms with Crippen molar-refractivity contribution in [3.8, 4) is 0 Å². The van der Waals surface area contributed by atoms with E-state index in [0.717, 1.165) is 0 Å². The van der Waals surface area contributed by atoms with Crippen LogP contribution in [0.15, 0.2) is 10.2 Å². The molecule has 2 rings (SSSR count). The van der Waals surface area contributed by atoms with Crippen LogP contribution in [-0.2, 0) is 0 Å². The van der Waals surface area contributed by atoms with E-state index in [9.17, 15) is 0 Å². The van der Waals surface area contributed by atoms with Crippen molar-refractivity contribution in [2.75, 3.05) is 0 Å². The van der Waals surface area contributed by atoms with E-state index in [0.29, 0.717) is 12.1 Å². The van der Waals surface area contributed by atoms with Gasteiger partial charge in [-0.1, -0.05) is 0 Å². The molecule has 2 heteroatoms. The summed E-state index contributed by atoms with van der Waals surface area (Å²) in [7, 11) is 0. The lowest BCUT2D eigenvalue weighted by Gasteiger charge is -2.13. The van der Waals surface area contributed by atoms with Crippen molar-refractivity contribution in [2.45, 2.75) is 37.8 Å². The Kier molecular flexibility index (Phi) is 0.861. The number of fused-ring (bicyclic) bond motifs is 2. The van der Waals surface area contributed by atoms with Gasteiger partial charge in [-0.05, 0) is 25.7 Å². The highest BCUT2D eigenvalue weighted by atomic mass is 15.2. The van der Waals surface area contributed by atoms with Crippen LogP contribution in [0.1, 0.15) is 25.7 Å². The van der Waals surface area contributed by atoms with E-state index in [1.807, 2.05) is 0 Å². The number of nitrogens with zero attached hydrogens (tertiary/aromatic N) is 2. The number of azo groups is 1. The summed E-state index contributed by atoms with van der Waals surface area (Å²) in [6, 6.07) is 1.24. The van der Waals surface area contributed by atoms with Gasteiger partial charge in [0.05, 0.1) is 12.1 Å². The zero-order valence-corrected chi connectivity index (χ0v) is 4.88. The third kappa shape index (κ3) is 0.556. The molecule has 0 aromatic heterocycles. The monoisotopic (exact) mass is 110 g/mol. The lowest BCUT2D eigenvalue weighted by atomic mass is 9.94. The number of hydrogen-bond acceptors (Lipinski definition) is 2. The number of rotatable bonds is 0.